The van der Waals surface area contributed by atoms with Gasteiger partial charge in [-0.05, 0) is 54.4 Å². The Labute approximate surface area is 169 Å². The molecule has 0 fully saturated rings. The molecule has 2 N–H and O–H groups in total. The van der Waals surface area contributed by atoms with Crippen molar-refractivity contribution < 1.29 is 9.59 Å². The number of hydrogen-bond acceptors (Lipinski definition) is 2. The highest BCUT2D eigenvalue weighted by Crippen LogP contribution is 2.19. The van der Waals surface area contributed by atoms with Crippen LogP contribution in [0.4, 0.5) is 5.69 Å². The predicted molar refractivity (Wildman–Crippen MR) is 113 cm³/mol. The topological polar surface area (TPSA) is 58.2 Å². The molecule has 1 atom stereocenters. The van der Waals surface area contributed by atoms with Crippen LogP contribution in [-0.2, 0) is 11.2 Å². The zero-order valence-electron chi connectivity index (χ0n) is 15.5. The quantitative estimate of drug-likeness (QED) is 0.619. The number of amides is 2. The SMILES string of the molecule is CC(NC(=O)Cc1cccc(Cl)c1)c1cccc(NC(=O)c2ccccc2)c1. The van der Waals surface area contributed by atoms with Gasteiger partial charge in [-0.1, -0.05) is 54.1 Å². The van der Waals surface area contributed by atoms with E-state index in [1.165, 1.54) is 0 Å². The van der Waals surface area contributed by atoms with Gasteiger partial charge in [-0.25, -0.2) is 0 Å². The van der Waals surface area contributed by atoms with Crippen LogP contribution in [0.3, 0.4) is 0 Å². The van der Waals surface area contributed by atoms with Gasteiger partial charge in [0.1, 0.15) is 0 Å². The predicted octanol–water partition coefficient (Wildman–Crippen LogP) is 5.01. The number of benzene rings is 3. The molecule has 3 aromatic carbocycles. The maximum atomic E-state index is 12.3. The highest BCUT2D eigenvalue weighted by molar-refractivity contribution is 6.30. The molecule has 0 aromatic heterocycles. The summed E-state index contributed by atoms with van der Waals surface area (Å²) in [7, 11) is 0. The number of halogens is 1. The molecule has 28 heavy (non-hydrogen) atoms. The van der Waals surface area contributed by atoms with Crippen molar-refractivity contribution in [3.05, 3.63) is 101 Å². The maximum Gasteiger partial charge on any atom is 0.255 e. The lowest BCUT2D eigenvalue weighted by atomic mass is 10.1. The fraction of sp³-hybridized carbons (Fsp3) is 0.130. The lowest BCUT2D eigenvalue weighted by Gasteiger charge is -2.16. The van der Waals surface area contributed by atoms with Crippen LogP contribution in [-0.4, -0.2) is 11.8 Å². The first-order chi connectivity index (χ1) is 13.5. The van der Waals surface area contributed by atoms with Crippen molar-refractivity contribution >= 4 is 29.1 Å². The third-order valence-electron chi connectivity index (χ3n) is 4.31. The lowest BCUT2D eigenvalue weighted by molar-refractivity contribution is -0.121. The molecule has 0 aliphatic heterocycles. The molecule has 1 unspecified atom stereocenters. The molecule has 0 saturated heterocycles. The van der Waals surface area contributed by atoms with Gasteiger partial charge in [0.05, 0.1) is 12.5 Å². The maximum absolute atomic E-state index is 12.3. The van der Waals surface area contributed by atoms with Crippen molar-refractivity contribution in [1.29, 1.82) is 0 Å². The van der Waals surface area contributed by atoms with Crippen LogP contribution < -0.4 is 10.6 Å². The van der Waals surface area contributed by atoms with E-state index in [1.54, 1.807) is 24.3 Å². The Hall–Kier alpha value is -3.11. The smallest absolute Gasteiger partial charge is 0.255 e. The summed E-state index contributed by atoms with van der Waals surface area (Å²) in [4.78, 5) is 24.6. The standard InChI is InChI=1S/C23H21ClN2O2/c1-16(25-22(27)14-17-7-5-11-20(24)13-17)19-10-6-12-21(15-19)26-23(28)18-8-3-2-4-9-18/h2-13,15-16H,14H2,1H3,(H,25,27)(H,26,28). The van der Waals surface area contributed by atoms with Crippen LogP contribution >= 0.6 is 11.6 Å². The first-order valence-corrected chi connectivity index (χ1v) is 9.39. The zero-order valence-corrected chi connectivity index (χ0v) is 16.2. The van der Waals surface area contributed by atoms with Crippen LogP contribution in [0.25, 0.3) is 0 Å². The number of nitrogens with one attached hydrogen (secondary N) is 2. The van der Waals surface area contributed by atoms with Crippen LogP contribution in [0.1, 0.15) is 34.5 Å². The Bertz CT molecular complexity index is 973. The van der Waals surface area contributed by atoms with E-state index in [4.69, 9.17) is 11.6 Å². The molecule has 0 radical (unpaired) electrons. The number of carbonyl (C=O) groups excluding carboxylic acids is 2. The summed E-state index contributed by atoms with van der Waals surface area (Å²) in [6.07, 6.45) is 0.259. The largest absolute Gasteiger partial charge is 0.349 e. The van der Waals surface area contributed by atoms with E-state index in [-0.39, 0.29) is 24.3 Å². The Morgan fingerprint density at radius 1 is 0.929 bits per heavy atom. The molecular weight excluding hydrogens is 372 g/mol. The molecule has 3 rings (SSSR count). The average Bonchev–Trinajstić information content (AvgIpc) is 2.68. The van der Waals surface area contributed by atoms with Gasteiger partial charge in [-0.2, -0.15) is 0 Å². The van der Waals surface area contributed by atoms with E-state index < -0.39 is 0 Å². The lowest BCUT2D eigenvalue weighted by Crippen LogP contribution is -2.28. The molecule has 0 bridgehead atoms. The van der Waals surface area contributed by atoms with E-state index in [0.29, 0.717) is 16.3 Å². The summed E-state index contributed by atoms with van der Waals surface area (Å²) in [5.74, 6) is -0.260. The van der Waals surface area contributed by atoms with Gasteiger partial charge in [0.15, 0.2) is 0 Å². The summed E-state index contributed by atoms with van der Waals surface area (Å²) in [5.41, 5.74) is 3.05. The minimum Gasteiger partial charge on any atom is -0.349 e. The molecule has 0 aliphatic rings. The summed E-state index contributed by atoms with van der Waals surface area (Å²) >= 11 is 5.97. The van der Waals surface area contributed by atoms with Gasteiger partial charge in [0, 0.05) is 16.3 Å². The molecular formula is C23H21ClN2O2. The monoisotopic (exact) mass is 392 g/mol. The first-order valence-electron chi connectivity index (χ1n) is 9.01. The molecule has 142 valence electrons. The summed E-state index contributed by atoms with van der Waals surface area (Å²) in [5, 5.41) is 6.48. The van der Waals surface area contributed by atoms with Gasteiger partial charge in [0.25, 0.3) is 5.91 Å². The second kappa shape index (κ2) is 9.20. The summed E-state index contributed by atoms with van der Waals surface area (Å²) in [6, 6.07) is 23.6. The van der Waals surface area contributed by atoms with E-state index in [1.807, 2.05) is 61.5 Å². The van der Waals surface area contributed by atoms with Crippen LogP contribution in [0.2, 0.25) is 5.02 Å². The minimum atomic E-state index is -0.194. The van der Waals surface area contributed by atoms with Gasteiger partial charge in [-0.3, -0.25) is 9.59 Å². The Kier molecular flexibility index (Phi) is 6.45. The number of anilines is 1. The molecule has 5 heteroatoms. The highest BCUT2D eigenvalue weighted by Gasteiger charge is 2.12. The Balaban J connectivity index is 1.62. The minimum absolute atomic E-state index is 0.0894. The van der Waals surface area contributed by atoms with Crippen LogP contribution in [0, 0.1) is 0 Å². The van der Waals surface area contributed by atoms with Gasteiger partial charge in [0.2, 0.25) is 5.91 Å². The third-order valence-corrected chi connectivity index (χ3v) is 4.55. The van der Waals surface area contributed by atoms with Gasteiger partial charge < -0.3 is 10.6 Å². The van der Waals surface area contributed by atoms with E-state index >= 15 is 0 Å². The molecule has 2 amide bonds. The molecule has 4 nitrogen and oxygen atoms in total. The van der Waals surface area contributed by atoms with E-state index in [9.17, 15) is 9.59 Å². The number of hydrogen-bond donors (Lipinski definition) is 2. The molecule has 0 heterocycles. The first kappa shape index (κ1) is 19.6. The summed E-state index contributed by atoms with van der Waals surface area (Å²) in [6.45, 7) is 1.91. The fourth-order valence-electron chi connectivity index (χ4n) is 2.89. The number of carbonyl (C=O) groups is 2. The van der Waals surface area contributed by atoms with Gasteiger partial charge in [-0.15, -0.1) is 0 Å². The number of rotatable bonds is 6. The molecule has 0 spiro atoms. The Morgan fingerprint density at radius 2 is 1.68 bits per heavy atom. The van der Waals surface area contributed by atoms with Crippen molar-refractivity contribution in [3.63, 3.8) is 0 Å². The van der Waals surface area contributed by atoms with Crippen molar-refractivity contribution in [1.82, 2.24) is 5.32 Å². The molecule has 3 aromatic rings. The summed E-state index contributed by atoms with van der Waals surface area (Å²) < 4.78 is 0. The van der Waals surface area contributed by atoms with Crippen molar-refractivity contribution in [2.75, 3.05) is 5.32 Å². The average molecular weight is 393 g/mol. The molecule has 0 saturated carbocycles. The van der Waals surface area contributed by atoms with Crippen molar-refractivity contribution in [3.8, 4) is 0 Å². The second-order valence-corrected chi connectivity index (χ2v) is 6.98. The van der Waals surface area contributed by atoms with E-state index in [0.717, 1.165) is 11.1 Å². The highest BCUT2D eigenvalue weighted by atomic mass is 35.5. The van der Waals surface area contributed by atoms with Gasteiger partial charge >= 0.3 is 0 Å². The van der Waals surface area contributed by atoms with Crippen molar-refractivity contribution in [2.45, 2.75) is 19.4 Å². The van der Waals surface area contributed by atoms with Crippen LogP contribution in [0.15, 0.2) is 78.9 Å². The normalized spacial score (nSPS) is 11.5. The molecule has 0 aliphatic carbocycles. The fourth-order valence-corrected chi connectivity index (χ4v) is 3.10. The zero-order chi connectivity index (χ0) is 19.9. The van der Waals surface area contributed by atoms with E-state index in [2.05, 4.69) is 10.6 Å². The second-order valence-electron chi connectivity index (χ2n) is 6.54. The Morgan fingerprint density at radius 3 is 2.43 bits per heavy atom. The van der Waals surface area contributed by atoms with Crippen LogP contribution in [0.5, 0.6) is 0 Å². The van der Waals surface area contributed by atoms with Crippen molar-refractivity contribution in [2.24, 2.45) is 0 Å². The third kappa shape index (κ3) is 5.44.